The molecule has 0 bridgehead atoms. The lowest BCUT2D eigenvalue weighted by Gasteiger charge is -2.21. The summed E-state index contributed by atoms with van der Waals surface area (Å²) in [5.74, 6) is 0.918. The van der Waals surface area contributed by atoms with Crippen LogP contribution in [0, 0.1) is 12.8 Å². The van der Waals surface area contributed by atoms with Crippen molar-refractivity contribution in [1.29, 1.82) is 0 Å². The van der Waals surface area contributed by atoms with Gasteiger partial charge in [-0.2, -0.15) is 0 Å². The second-order valence-corrected chi connectivity index (χ2v) is 7.14. The maximum absolute atomic E-state index is 12.4. The Morgan fingerprint density at radius 2 is 2.42 bits per heavy atom. The molecule has 24 heavy (non-hydrogen) atoms. The summed E-state index contributed by atoms with van der Waals surface area (Å²) in [6.45, 7) is 5.40. The van der Waals surface area contributed by atoms with Crippen LogP contribution in [0.25, 0.3) is 0 Å². The van der Waals surface area contributed by atoms with E-state index in [1.165, 1.54) is 18.1 Å². The van der Waals surface area contributed by atoms with Crippen LogP contribution in [0.1, 0.15) is 27.5 Å². The summed E-state index contributed by atoms with van der Waals surface area (Å²) in [5.41, 5.74) is 2.99. The second kappa shape index (κ2) is 7.31. The molecule has 1 aliphatic heterocycles. The predicted molar refractivity (Wildman–Crippen MR) is 90.3 cm³/mol. The number of nitrogens with zero attached hydrogens (tertiary/aromatic N) is 4. The third kappa shape index (κ3) is 3.76. The van der Waals surface area contributed by atoms with Gasteiger partial charge in [-0.15, -0.1) is 11.3 Å². The van der Waals surface area contributed by atoms with Gasteiger partial charge < -0.3 is 19.1 Å². The average molecular weight is 350 g/mol. The molecule has 7 nitrogen and oxygen atoms in total. The molecule has 3 rings (SSSR count). The zero-order valence-electron chi connectivity index (χ0n) is 14.2. The first-order valence-corrected chi connectivity index (χ1v) is 8.82. The smallest absolute Gasteiger partial charge is 0.292 e. The van der Waals surface area contributed by atoms with Crippen molar-refractivity contribution in [1.82, 2.24) is 19.9 Å². The zero-order valence-corrected chi connectivity index (χ0v) is 15.0. The van der Waals surface area contributed by atoms with Crippen molar-refractivity contribution < 1.29 is 14.1 Å². The summed E-state index contributed by atoms with van der Waals surface area (Å²) in [6.07, 6.45) is 1.00. The first-order chi connectivity index (χ1) is 11.6. The number of thiazole rings is 1. The van der Waals surface area contributed by atoms with Crippen molar-refractivity contribution in [3.8, 4) is 5.88 Å². The molecular weight excluding hydrogens is 328 g/mol. The lowest BCUT2D eigenvalue weighted by Crippen LogP contribution is -2.31. The van der Waals surface area contributed by atoms with E-state index in [0.717, 1.165) is 38.3 Å². The molecule has 0 saturated carbocycles. The van der Waals surface area contributed by atoms with E-state index in [9.17, 15) is 4.79 Å². The quantitative estimate of drug-likeness (QED) is 0.794. The molecule has 1 fully saturated rings. The predicted octanol–water partition coefficient (Wildman–Crippen LogP) is 2.04. The van der Waals surface area contributed by atoms with Crippen LogP contribution >= 0.6 is 11.3 Å². The van der Waals surface area contributed by atoms with Gasteiger partial charge >= 0.3 is 0 Å². The van der Waals surface area contributed by atoms with Crippen LogP contribution in [-0.4, -0.2) is 59.6 Å². The van der Waals surface area contributed by atoms with E-state index in [4.69, 9.17) is 9.26 Å². The van der Waals surface area contributed by atoms with Crippen molar-refractivity contribution in [2.75, 3.05) is 33.8 Å². The highest BCUT2D eigenvalue weighted by Gasteiger charge is 2.30. The molecule has 3 heterocycles. The fourth-order valence-corrected chi connectivity index (χ4v) is 3.86. The van der Waals surface area contributed by atoms with Crippen molar-refractivity contribution in [3.05, 3.63) is 27.9 Å². The monoisotopic (exact) mass is 350 g/mol. The molecule has 2 aromatic rings. The van der Waals surface area contributed by atoms with E-state index in [0.29, 0.717) is 11.8 Å². The molecule has 1 aliphatic rings. The Bertz CT molecular complexity index is 699. The molecule has 1 atom stereocenters. The minimum Gasteiger partial charge on any atom is -0.479 e. The molecule has 0 aromatic carbocycles. The summed E-state index contributed by atoms with van der Waals surface area (Å²) >= 11 is 1.69. The highest BCUT2D eigenvalue weighted by molar-refractivity contribution is 7.09. The lowest BCUT2D eigenvalue weighted by molar-refractivity contribution is 0.0742. The second-order valence-electron chi connectivity index (χ2n) is 6.20. The Kier molecular flexibility index (Phi) is 5.15. The molecular formula is C16H22N4O3S. The van der Waals surface area contributed by atoms with E-state index in [-0.39, 0.29) is 11.7 Å². The SMILES string of the molecule is COc1cc(C(=O)N2CC[C@@H](CN(C)Cc3scnc3C)C2)on1. The normalized spacial score (nSPS) is 17.7. The third-order valence-electron chi connectivity index (χ3n) is 4.31. The van der Waals surface area contributed by atoms with E-state index >= 15 is 0 Å². The van der Waals surface area contributed by atoms with Crippen LogP contribution in [0.4, 0.5) is 0 Å². The van der Waals surface area contributed by atoms with Gasteiger partial charge in [0.05, 0.1) is 24.4 Å². The highest BCUT2D eigenvalue weighted by Crippen LogP contribution is 2.22. The fourth-order valence-electron chi connectivity index (χ4n) is 3.01. The maximum Gasteiger partial charge on any atom is 0.292 e. The number of carbonyl (C=O) groups excluding carboxylic acids is 1. The molecule has 130 valence electrons. The summed E-state index contributed by atoms with van der Waals surface area (Å²) in [5, 5.41) is 3.69. The third-order valence-corrected chi connectivity index (χ3v) is 5.23. The van der Waals surface area contributed by atoms with E-state index in [1.54, 1.807) is 11.3 Å². The number of carbonyl (C=O) groups is 1. The van der Waals surface area contributed by atoms with Crippen LogP contribution in [0.15, 0.2) is 16.1 Å². The Hall–Kier alpha value is -1.93. The average Bonchev–Trinajstić information content (AvgIpc) is 3.29. The molecule has 0 N–H and O–H groups in total. The zero-order chi connectivity index (χ0) is 17.1. The van der Waals surface area contributed by atoms with Crippen molar-refractivity contribution in [3.63, 3.8) is 0 Å². The minimum absolute atomic E-state index is 0.116. The molecule has 1 saturated heterocycles. The Morgan fingerprint density at radius 1 is 1.58 bits per heavy atom. The number of amides is 1. The minimum atomic E-state index is -0.116. The van der Waals surface area contributed by atoms with E-state index < -0.39 is 0 Å². The largest absolute Gasteiger partial charge is 0.479 e. The van der Waals surface area contributed by atoms with Gasteiger partial charge in [0.2, 0.25) is 5.76 Å². The number of ether oxygens (including phenoxy) is 1. The first-order valence-electron chi connectivity index (χ1n) is 7.94. The number of hydrogen-bond acceptors (Lipinski definition) is 7. The fraction of sp³-hybridized carbons (Fsp3) is 0.562. The number of aryl methyl sites for hydroxylation is 1. The van der Waals surface area contributed by atoms with Crippen LogP contribution in [-0.2, 0) is 6.54 Å². The molecule has 0 unspecified atom stereocenters. The molecule has 2 aromatic heterocycles. The summed E-state index contributed by atoms with van der Waals surface area (Å²) in [7, 11) is 3.61. The summed E-state index contributed by atoms with van der Waals surface area (Å²) in [4.78, 5) is 22.2. The highest BCUT2D eigenvalue weighted by atomic mass is 32.1. The van der Waals surface area contributed by atoms with Gasteiger partial charge in [-0.1, -0.05) is 0 Å². The van der Waals surface area contributed by atoms with Crippen molar-refractivity contribution in [2.24, 2.45) is 5.92 Å². The van der Waals surface area contributed by atoms with Crippen LogP contribution < -0.4 is 4.74 Å². The van der Waals surface area contributed by atoms with Crippen molar-refractivity contribution in [2.45, 2.75) is 19.9 Å². The topological polar surface area (TPSA) is 71.7 Å². The molecule has 0 aliphatic carbocycles. The van der Waals surface area contributed by atoms with Gasteiger partial charge in [-0.05, 0) is 31.5 Å². The summed E-state index contributed by atoms with van der Waals surface area (Å²) < 4.78 is 10.0. The standard InChI is InChI=1S/C16H22N4O3S/c1-11-14(24-10-17-11)9-19(2)7-12-4-5-20(8-12)16(21)13-6-15(22-3)18-23-13/h6,10,12H,4-5,7-9H2,1-3H3/t12-/m0/s1. The Morgan fingerprint density at radius 3 is 3.08 bits per heavy atom. The van der Waals surface area contributed by atoms with Gasteiger partial charge in [0, 0.05) is 31.1 Å². The number of methoxy groups -OCH3 is 1. The molecule has 0 radical (unpaired) electrons. The first kappa shape index (κ1) is 16.9. The number of rotatable bonds is 6. The van der Waals surface area contributed by atoms with Gasteiger partial charge in [0.25, 0.3) is 11.8 Å². The van der Waals surface area contributed by atoms with E-state index in [2.05, 4.69) is 22.1 Å². The van der Waals surface area contributed by atoms with Gasteiger partial charge in [-0.3, -0.25) is 4.79 Å². The van der Waals surface area contributed by atoms with Crippen LogP contribution in [0.2, 0.25) is 0 Å². The molecule has 1 amide bonds. The van der Waals surface area contributed by atoms with Gasteiger partial charge in [0.1, 0.15) is 0 Å². The number of likely N-dealkylation sites (tertiary alicyclic amines) is 1. The maximum atomic E-state index is 12.4. The lowest BCUT2D eigenvalue weighted by atomic mass is 10.1. The Balaban J connectivity index is 1.51. The number of hydrogen-bond donors (Lipinski definition) is 0. The van der Waals surface area contributed by atoms with E-state index in [1.807, 2.05) is 17.3 Å². The van der Waals surface area contributed by atoms with Crippen LogP contribution in [0.3, 0.4) is 0 Å². The van der Waals surface area contributed by atoms with Crippen LogP contribution in [0.5, 0.6) is 5.88 Å². The number of aromatic nitrogens is 2. The Labute approximate surface area is 145 Å². The van der Waals surface area contributed by atoms with Gasteiger partial charge in [-0.25, -0.2) is 4.98 Å². The van der Waals surface area contributed by atoms with Crippen molar-refractivity contribution >= 4 is 17.2 Å². The van der Waals surface area contributed by atoms with Gasteiger partial charge in [0.15, 0.2) is 0 Å². The molecule has 8 heteroatoms. The molecule has 0 spiro atoms. The summed E-state index contributed by atoms with van der Waals surface area (Å²) in [6, 6.07) is 1.54.